The molecule has 0 aliphatic carbocycles. The molecule has 0 saturated heterocycles. The van der Waals surface area contributed by atoms with Crippen LogP contribution >= 0.6 is 0 Å². The molecule has 0 radical (unpaired) electrons. The number of hydrogen-bond donors (Lipinski definition) is 2. The second-order valence-electron chi connectivity index (χ2n) is 3.88. The minimum atomic E-state index is -4.99. The van der Waals surface area contributed by atoms with Crippen LogP contribution in [0.5, 0.6) is 0 Å². The predicted molar refractivity (Wildman–Crippen MR) is 49.8 cm³/mol. The van der Waals surface area contributed by atoms with Crippen molar-refractivity contribution in [1.29, 1.82) is 0 Å². The van der Waals surface area contributed by atoms with E-state index in [4.69, 9.17) is 0 Å². The van der Waals surface area contributed by atoms with E-state index in [-0.39, 0.29) is 0 Å². The lowest BCUT2D eigenvalue weighted by Crippen LogP contribution is -2.38. The van der Waals surface area contributed by atoms with Crippen molar-refractivity contribution in [3.05, 3.63) is 34.6 Å². The molecule has 0 spiro atoms. The molecule has 1 rings (SSSR count). The Labute approximate surface area is 106 Å². The van der Waals surface area contributed by atoms with Gasteiger partial charge in [-0.15, -0.1) is 0 Å². The highest BCUT2D eigenvalue weighted by Crippen LogP contribution is 2.32. The van der Waals surface area contributed by atoms with E-state index in [0.717, 1.165) is 0 Å². The first kappa shape index (κ1) is 16.6. The van der Waals surface area contributed by atoms with Gasteiger partial charge in [-0.1, -0.05) is 0 Å². The Balaban J connectivity index is 3.21. The summed E-state index contributed by atoms with van der Waals surface area (Å²) in [6.07, 6.45) is -9.05. The minimum absolute atomic E-state index is 1.46. The van der Waals surface area contributed by atoms with Crippen LogP contribution in [0.3, 0.4) is 0 Å². The van der Waals surface area contributed by atoms with Gasteiger partial charge in [0.15, 0.2) is 23.3 Å². The zero-order valence-corrected chi connectivity index (χ0v) is 9.41. The molecule has 0 aliphatic heterocycles. The summed E-state index contributed by atoms with van der Waals surface area (Å²) in [7, 11) is 0. The summed E-state index contributed by atoms with van der Waals surface area (Å²) < 4.78 is 101. The first-order valence-electron chi connectivity index (χ1n) is 5.00. The number of benzene rings is 1. The van der Waals surface area contributed by atoms with E-state index in [1.165, 1.54) is 0 Å². The van der Waals surface area contributed by atoms with Crippen LogP contribution in [0.4, 0.5) is 35.1 Å². The summed E-state index contributed by atoms with van der Waals surface area (Å²) in [5, 5.41) is 9.24. The monoisotopic (exact) mass is 309 g/mol. The highest BCUT2D eigenvalue weighted by molar-refractivity contribution is 5.26. The van der Waals surface area contributed by atoms with Gasteiger partial charge in [0, 0.05) is 6.42 Å². The number of aliphatic hydroxyl groups is 1. The molecule has 3 N–H and O–H groups in total. The highest BCUT2D eigenvalue weighted by atomic mass is 19.4. The molecule has 20 heavy (non-hydrogen) atoms. The van der Waals surface area contributed by atoms with Crippen LogP contribution in [-0.4, -0.2) is 17.3 Å². The standard InChI is InChI=1S/C10H7F8NO/c11-5-4(2(20)1-3(19)10(16,17)18)6(12)8(14)9(15)7(5)13/h2-3,20H,1,19H2/t2-,3+/m1/s1. The van der Waals surface area contributed by atoms with E-state index in [9.17, 15) is 40.2 Å². The lowest BCUT2D eigenvalue weighted by atomic mass is 10.0. The predicted octanol–water partition coefficient (Wildman–Crippen LogP) is 2.70. The smallest absolute Gasteiger partial charge is 0.388 e. The van der Waals surface area contributed by atoms with Crippen molar-refractivity contribution >= 4 is 0 Å². The maximum Gasteiger partial charge on any atom is 0.403 e. The van der Waals surface area contributed by atoms with Gasteiger partial charge in [-0.25, -0.2) is 22.0 Å². The first-order chi connectivity index (χ1) is 8.98. The second-order valence-corrected chi connectivity index (χ2v) is 3.88. The van der Waals surface area contributed by atoms with E-state index in [1.807, 2.05) is 0 Å². The molecule has 2 atom stereocenters. The molecular formula is C10H7F8NO. The molecule has 0 heterocycles. The second kappa shape index (κ2) is 5.52. The summed E-state index contributed by atoms with van der Waals surface area (Å²) in [4.78, 5) is 0. The summed E-state index contributed by atoms with van der Waals surface area (Å²) in [6.45, 7) is 0. The zero-order chi connectivity index (χ0) is 15.8. The lowest BCUT2D eigenvalue weighted by Gasteiger charge is -2.20. The Kier molecular flexibility index (Phi) is 4.59. The quantitative estimate of drug-likeness (QED) is 0.512. The molecule has 1 aromatic rings. The van der Waals surface area contributed by atoms with Crippen molar-refractivity contribution in [1.82, 2.24) is 0 Å². The van der Waals surface area contributed by atoms with Gasteiger partial charge >= 0.3 is 6.18 Å². The fraction of sp³-hybridized carbons (Fsp3) is 0.400. The van der Waals surface area contributed by atoms with Gasteiger partial charge < -0.3 is 10.8 Å². The molecule has 0 aromatic heterocycles. The van der Waals surface area contributed by atoms with E-state index in [1.54, 1.807) is 0 Å². The summed E-state index contributed by atoms with van der Waals surface area (Å²) in [5.74, 6) is -12.0. The maximum absolute atomic E-state index is 13.2. The van der Waals surface area contributed by atoms with Crippen molar-refractivity contribution in [2.45, 2.75) is 24.7 Å². The molecular weight excluding hydrogens is 302 g/mol. The van der Waals surface area contributed by atoms with Crippen LogP contribution in [0.2, 0.25) is 0 Å². The van der Waals surface area contributed by atoms with Gasteiger partial charge in [0.25, 0.3) is 0 Å². The lowest BCUT2D eigenvalue weighted by molar-refractivity contribution is -0.154. The SMILES string of the molecule is N[C@@H](C[C@@H](O)c1c(F)c(F)c(F)c(F)c1F)C(F)(F)F. The normalized spacial score (nSPS) is 15.3. The number of nitrogens with two attached hydrogens (primary N) is 1. The van der Waals surface area contributed by atoms with Gasteiger partial charge in [0.1, 0.15) is 6.04 Å². The highest BCUT2D eigenvalue weighted by Gasteiger charge is 2.40. The van der Waals surface area contributed by atoms with Gasteiger partial charge in [-0.05, 0) is 0 Å². The van der Waals surface area contributed by atoms with Gasteiger partial charge in [0.05, 0.1) is 11.7 Å². The van der Waals surface area contributed by atoms with Crippen molar-refractivity contribution in [2.24, 2.45) is 5.73 Å². The van der Waals surface area contributed by atoms with Crippen LogP contribution in [0, 0.1) is 29.1 Å². The molecule has 114 valence electrons. The van der Waals surface area contributed by atoms with Gasteiger partial charge in [-0.2, -0.15) is 13.2 Å². The van der Waals surface area contributed by atoms with Gasteiger partial charge in [-0.3, -0.25) is 0 Å². The molecule has 0 saturated carbocycles. The van der Waals surface area contributed by atoms with E-state index < -0.39 is 59.4 Å². The van der Waals surface area contributed by atoms with Crippen LogP contribution < -0.4 is 5.73 Å². The van der Waals surface area contributed by atoms with E-state index >= 15 is 0 Å². The molecule has 1 aromatic carbocycles. The largest absolute Gasteiger partial charge is 0.403 e. The average molecular weight is 309 g/mol. The Bertz CT molecular complexity index is 486. The molecule has 0 aliphatic rings. The van der Waals surface area contributed by atoms with Crippen LogP contribution in [0.15, 0.2) is 0 Å². The minimum Gasteiger partial charge on any atom is -0.388 e. The van der Waals surface area contributed by atoms with Crippen LogP contribution in [0.1, 0.15) is 18.1 Å². The number of hydrogen-bond acceptors (Lipinski definition) is 2. The topological polar surface area (TPSA) is 46.2 Å². The molecule has 0 amide bonds. The number of aliphatic hydroxyl groups excluding tert-OH is 1. The Morgan fingerprint density at radius 2 is 1.20 bits per heavy atom. The van der Waals surface area contributed by atoms with Crippen molar-refractivity contribution < 1.29 is 40.2 Å². The molecule has 2 nitrogen and oxygen atoms in total. The number of rotatable bonds is 3. The molecule has 0 bridgehead atoms. The zero-order valence-electron chi connectivity index (χ0n) is 9.41. The molecule has 10 heteroatoms. The van der Waals surface area contributed by atoms with E-state index in [2.05, 4.69) is 5.73 Å². The number of alkyl halides is 3. The fourth-order valence-corrected chi connectivity index (χ4v) is 1.41. The summed E-state index contributed by atoms with van der Waals surface area (Å²) >= 11 is 0. The first-order valence-corrected chi connectivity index (χ1v) is 5.00. The van der Waals surface area contributed by atoms with Crippen molar-refractivity contribution in [3.8, 4) is 0 Å². The summed E-state index contributed by atoms with van der Waals surface area (Å²) in [6, 6.07) is -2.69. The number of halogens is 8. The average Bonchev–Trinajstić information content (AvgIpc) is 2.33. The van der Waals surface area contributed by atoms with Gasteiger partial charge in [0.2, 0.25) is 5.82 Å². The third-order valence-corrected chi connectivity index (χ3v) is 2.47. The molecule has 0 fully saturated rings. The Morgan fingerprint density at radius 1 is 0.850 bits per heavy atom. The third kappa shape index (κ3) is 3.01. The van der Waals surface area contributed by atoms with Crippen LogP contribution in [-0.2, 0) is 0 Å². The van der Waals surface area contributed by atoms with Crippen molar-refractivity contribution in [3.63, 3.8) is 0 Å². The summed E-state index contributed by atoms with van der Waals surface area (Å²) in [5.41, 5.74) is 2.85. The van der Waals surface area contributed by atoms with Crippen LogP contribution in [0.25, 0.3) is 0 Å². The maximum atomic E-state index is 13.2. The Hall–Kier alpha value is -1.42. The fourth-order valence-electron chi connectivity index (χ4n) is 1.41. The van der Waals surface area contributed by atoms with Crippen molar-refractivity contribution in [2.75, 3.05) is 0 Å². The third-order valence-electron chi connectivity index (χ3n) is 2.47. The Morgan fingerprint density at radius 3 is 1.55 bits per heavy atom. The van der Waals surface area contributed by atoms with E-state index in [0.29, 0.717) is 0 Å². The molecule has 0 unspecified atom stereocenters.